The molecule has 0 fully saturated rings. The summed E-state index contributed by atoms with van der Waals surface area (Å²) in [6.45, 7) is -0.413. The predicted molar refractivity (Wildman–Crippen MR) is 36.5 cm³/mol. The normalized spacial score (nSPS) is 10.1. The number of rotatable bonds is 3. The van der Waals surface area contributed by atoms with E-state index >= 15 is 0 Å². The number of nitrogens with one attached hydrogen (secondary N) is 1. The van der Waals surface area contributed by atoms with Crippen LogP contribution in [0.1, 0.15) is 0 Å². The molecule has 60 valence electrons. The maximum atomic E-state index is 11.6. The molecule has 0 amide bonds. The van der Waals surface area contributed by atoms with Gasteiger partial charge in [-0.25, -0.2) is 18.7 Å². The molecule has 1 rings (SSSR count). The third-order valence-corrected chi connectivity index (χ3v) is 0.980. The third kappa shape index (κ3) is 2.88. The van der Waals surface area contributed by atoms with E-state index in [0.29, 0.717) is 0 Å². The van der Waals surface area contributed by atoms with Gasteiger partial charge in [0.15, 0.2) is 0 Å². The quantitative estimate of drug-likeness (QED) is 0.718. The number of halogens is 2. The van der Waals surface area contributed by atoms with Crippen LogP contribution in [0.5, 0.6) is 0 Å². The van der Waals surface area contributed by atoms with E-state index in [4.69, 9.17) is 0 Å². The highest BCUT2D eigenvalue weighted by molar-refractivity contribution is 5.21. The smallest absolute Gasteiger partial charge is 0.255 e. The van der Waals surface area contributed by atoms with Crippen molar-refractivity contribution >= 4 is 5.95 Å². The summed E-state index contributed by atoms with van der Waals surface area (Å²) in [5.41, 5.74) is 0. The lowest BCUT2D eigenvalue weighted by Gasteiger charge is -2.00. The minimum atomic E-state index is -2.38. The highest BCUT2D eigenvalue weighted by Crippen LogP contribution is 1.96. The Kier molecular flexibility index (Phi) is 2.71. The first-order chi connectivity index (χ1) is 5.29. The van der Waals surface area contributed by atoms with Gasteiger partial charge in [0.25, 0.3) is 6.43 Å². The second-order valence-corrected chi connectivity index (χ2v) is 1.84. The minimum absolute atomic E-state index is 0.229. The van der Waals surface area contributed by atoms with Crippen molar-refractivity contribution in [2.45, 2.75) is 6.43 Å². The first kappa shape index (κ1) is 7.84. The van der Waals surface area contributed by atoms with E-state index in [1.165, 1.54) is 12.4 Å². The average Bonchev–Trinajstić information content (AvgIpc) is 2.03. The second kappa shape index (κ2) is 3.80. The Labute approximate surface area is 62.5 Å². The zero-order valence-corrected chi connectivity index (χ0v) is 5.67. The van der Waals surface area contributed by atoms with Crippen LogP contribution in [0.15, 0.2) is 18.5 Å². The summed E-state index contributed by atoms with van der Waals surface area (Å²) in [5, 5.41) is 2.37. The molecule has 0 spiro atoms. The number of hydrogen-bond acceptors (Lipinski definition) is 3. The van der Waals surface area contributed by atoms with E-state index in [0.717, 1.165) is 0 Å². The molecule has 0 saturated carbocycles. The molecule has 0 atom stereocenters. The van der Waals surface area contributed by atoms with Crippen molar-refractivity contribution < 1.29 is 8.78 Å². The summed E-state index contributed by atoms with van der Waals surface area (Å²) in [4.78, 5) is 7.39. The summed E-state index contributed by atoms with van der Waals surface area (Å²) in [5.74, 6) is 0.229. The van der Waals surface area contributed by atoms with Gasteiger partial charge >= 0.3 is 0 Å². The molecule has 11 heavy (non-hydrogen) atoms. The summed E-state index contributed by atoms with van der Waals surface area (Å²) < 4.78 is 23.2. The highest BCUT2D eigenvalue weighted by atomic mass is 19.3. The van der Waals surface area contributed by atoms with Gasteiger partial charge in [-0.15, -0.1) is 0 Å². The van der Waals surface area contributed by atoms with E-state index in [1.807, 2.05) is 0 Å². The van der Waals surface area contributed by atoms with Gasteiger partial charge in [0.1, 0.15) is 0 Å². The largest absolute Gasteiger partial charge is 0.348 e. The van der Waals surface area contributed by atoms with Gasteiger partial charge in [-0.05, 0) is 6.07 Å². The lowest BCUT2D eigenvalue weighted by Crippen LogP contribution is -2.11. The number of anilines is 1. The maximum Gasteiger partial charge on any atom is 0.255 e. The van der Waals surface area contributed by atoms with Crippen LogP contribution in [-0.2, 0) is 0 Å². The summed E-state index contributed by atoms with van der Waals surface area (Å²) >= 11 is 0. The van der Waals surface area contributed by atoms with Gasteiger partial charge in [0, 0.05) is 12.4 Å². The lowest BCUT2D eigenvalue weighted by atomic mass is 10.6. The minimum Gasteiger partial charge on any atom is -0.348 e. The molecule has 5 heteroatoms. The first-order valence-electron chi connectivity index (χ1n) is 3.08. The van der Waals surface area contributed by atoms with Gasteiger partial charge in [0.05, 0.1) is 6.54 Å². The molecule has 0 aliphatic carbocycles. The van der Waals surface area contributed by atoms with Gasteiger partial charge in [-0.3, -0.25) is 0 Å². The Morgan fingerprint density at radius 1 is 1.36 bits per heavy atom. The number of hydrogen-bond donors (Lipinski definition) is 1. The fourth-order valence-corrected chi connectivity index (χ4v) is 0.559. The van der Waals surface area contributed by atoms with Crippen LogP contribution in [-0.4, -0.2) is 22.9 Å². The second-order valence-electron chi connectivity index (χ2n) is 1.84. The fourth-order valence-electron chi connectivity index (χ4n) is 0.559. The lowest BCUT2D eigenvalue weighted by molar-refractivity contribution is 0.163. The van der Waals surface area contributed by atoms with Crippen molar-refractivity contribution in [3.05, 3.63) is 18.5 Å². The predicted octanol–water partition coefficient (Wildman–Crippen LogP) is 1.15. The summed E-state index contributed by atoms with van der Waals surface area (Å²) in [7, 11) is 0. The zero-order valence-electron chi connectivity index (χ0n) is 5.67. The molecule has 0 aliphatic rings. The van der Waals surface area contributed by atoms with Crippen LogP contribution in [0, 0.1) is 0 Å². The maximum absolute atomic E-state index is 11.6. The first-order valence-corrected chi connectivity index (χ1v) is 3.08. The van der Waals surface area contributed by atoms with Crippen LogP contribution in [0.2, 0.25) is 0 Å². The molecule has 0 radical (unpaired) electrons. The van der Waals surface area contributed by atoms with E-state index in [2.05, 4.69) is 15.3 Å². The molecule has 1 aromatic heterocycles. The molecule has 0 saturated heterocycles. The fraction of sp³-hybridized carbons (Fsp3) is 0.333. The van der Waals surface area contributed by atoms with Gasteiger partial charge < -0.3 is 5.32 Å². The Balaban J connectivity index is 2.39. The van der Waals surface area contributed by atoms with Crippen LogP contribution in [0.25, 0.3) is 0 Å². The Morgan fingerprint density at radius 2 is 2.00 bits per heavy atom. The highest BCUT2D eigenvalue weighted by Gasteiger charge is 2.01. The van der Waals surface area contributed by atoms with Crippen molar-refractivity contribution in [2.75, 3.05) is 11.9 Å². The topological polar surface area (TPSA) is 37.8 Å². The SMILES string of the molecule is FC(F)CNc1ncccn1. The molecule has 1 heterocycles. The molecule has 0 aliphatic heterocycles. The monoisotopic (exact) mass is 159 g/mol. The van der Waals surface area contributed by atoms with E-state index < -0.39 is 13.0 Å². The molecule has 1 aromatic rings. The van der Waals surface area contributed by atoms with Crippen molar-refractivity contribution in [1.82, 2.24) is 9.97 Å². The van der Waals surface area contributed by atoms with Gasteiger partial charge in [0.2, 0.25) is 5.95 Å². The Morgan fingerprint density at radius 3 is 2.55 bits per heavy atom. The van der Waals surface area contributed by atoms with Crippen molar-refractivity contribution in [2.24, 2.45) is 0 Å². The van der Waals surface area contributed by atoms with Crippen molar-refractivity contribution in [1.29, 1.82) is 0 Å². The van der Waals surface area contributed by atoms with E-state index in [-0.39, 0.29) is 5.95 Å². The molecule has 1 N–H and O–H groups in total. The molecule has 0 aromatic carbocycles. The zero-order chi connectivity index (χ0) is 8.10. The van der Waals surface area contributed by atoms with Crippen molar-refractivity contribution in [3.8, 4) is 0 Å². The molecule has 3 nitrogen and oxygen atoms in total. The van der Waals surface area contributed by atoms with Crippen LogP contribution < -0.4 is 5.32 Å². The van der Waals surface area contributed by atoms with Crippen molar-refractivity contribution in [3.63, 3.8) is 0 Å². The van der Waals surface area contributed by atoms with Crippen LogP contribution in [0.4, 0.5) is 14.7 Å². The number of aromatic nitrogens is 2. The third-order valence-electron chi connectivity index (χ3n) is 0.980. The standard InChI is InChI=1S/C6H7F2N3/c7-5(8)4-11-6-9-2-1-3-10-6/h1-3,5H,4H2,(H,9,10,11). The Hall–Kier alpha value is -1.26. The van der Waals surface area contributed by atoms with Crippen LogP contribution in [0.3, 0.4) is 0 Å². The van der Waals surface area contributed by atoms with E-state index in [9.17, 15) is 8.78 Å². The summed E-state index contributed by atoms with van der Waals surface area (Å²) in [6, 6.07) is 1.62. The molecule has 0 bridgehead atoms. The Bertz CT molecular complexity index is 202. The van der Waals surface area contributed by atoms with E-state index in [1.54, 1.807) is 6.07 Å². The molecule has 0 unspecified atom stereocenters. The number of nitrogens with zero attached hydrogens (tertiary/aromatic N) is 2. The van der Waals surface area contributed by atoms with Crippen LogP contribution >= 0.6 is 0 Å². The number of alkyl halides is 2. The van der Waals surface area contributed by atoms with Gasteiger partial charge in [-0.2, -0.15) is 0 Å². The average molecular weight is 159 g/mol. The molecular weight excluding hydrogens is 152 g/mol. The van der Waals surface area contributed by atoms with Gasteiger partial charge in [-0.1, -0.05) is 0 Å². The summed E-state index contributed by atoms with van der Waals surface area (Å²) in [6.07, 6.45) is 0.598. The molecular formula is C6H7F2N3.